The Morgan fingerprint density at radius 1 is 1.07 bits per heavy atom. The maximum Gasteiger partial charge on any atom is 0.191 e. The van der Waals surface area contributed by atoms with Gasteiger partial charge in [0.05, 0.1) is 11.0 Å². The van der Waals surface area contributed by atoms with E-state index in [-0.39, 0.29) is 24.0 Å². The van der Waals surface area contributed by atoms with Gasteiger partial charge in [-0.2, -0.15) is 0 Å². The highest BCUT2D eigenvalue weighted by Gasteiger charge is 2.18. The number of aromatic nitrogens is 2. The molecule has 0 aliphatic carbocycles. The number of piperazine rings is 1. The third kappa shape index (κ3) is 4.35. The van der Waals surface area contributed by atoms with E-state index in [1.165, 1.54) is 5.69 Å². The molecule has 28 heavy (non-hydrogen) atoms. The number of anilines is 1. The minimum Gasteiger partial charge on any atom is -0.370 e. The van der Waals surface area contributed by atoms with Crippen LogP contribution in [0.25, 0.3) is 11.0 Å². The fourth-order valence-corrected chi connectivity index (χ4v) is 3.56. The fourth-order valence-electron chi connectivity index (χ4n) is 3.43. The molecular formula is C20H24ClIN6. The molecule has 1 saturated heterocycles. The van der Waals surface area contributed by atoms with E-state index < -0.39 is 0 Å². The van der Waals surface area contributed by atoms with Crippen molar-refractivity contribution >= 4 is 58.3 Å². The van der Waals surface area contributed by atoms with E-state index in [1.807, 2.05) is 37.4 Å². The van der Waals surface area contributed by atoms with Crippen molar-refractivity contribution in [2.75, 3.05) is 31.1 Å². The summed E-state index contributed by atoms with van der Waals surface area (Å²) >= 11 is 5.97. The van der Waals surface area contributed by atoms with Crippen molar-refractivity contribution in [3.05, 3.63) is 59.4 Å². The summed E-state index contributed by atoms with van der Waals surface area (Å²) in [6, 6.07) is 16.1. The third-order valence-corrected chi connectivity index (χ3v) is 5.31. The summed E-state index contributed by atoms with van der Waals surface area (Å²) in [5, 5.41) is 0.760. The second-order valence-electron chi connectivity index (χ2n) is 6.70. The molecular weight excluding hydrogens is 487 g/mol. The van der Waals surface area contributed by atoms with Gasteiger partial charge in [-0.3, -0.25) is 0 Å². The van der Waals surface area contributed by atoms with Gasteiger partial charge in [0.1, 0.15) is 12.4 Å². The zero-order valence-corrected chi connectivity index (χ0v) is 18.8. The maximum absolute atomic E-state index is 6.25. The molecule has 3 aromatic rings. The third-order valence-electron chi connectivity index (χ3n) is 5.06. The van der Waals surface area contributed by atoms with E-state index in [1.54, 1.807) is 0 Å². The van der Waals surface area contributed by atoms with Crippen molar-refractivity contribution in [2.24, 2.45) is 17.8 Å². The summed E-state index contributed by atoms with van der Waals surface area (Å²) in [5.41, 5.74) is 9.53. The Labute approximate surface area is 187 Å². The number of aliphatic imine (C=N–C) groups is 1. The van der Waals surface area contributed by atoms with Crippen molar-refractivity contribution in [3.8, 4) is 0 Å². The first-order valence-electron chi connectivity index (χ1n) is 9.07. The fraction of sp³-hybridized carbons (Fsp3) is 0.300. The Bertz CT molecular complexity index is 960. The molecule has 2 N–H and O–H groups in total. The van der Waals surface area contributed by atoms with Crippen LogP contribution in [0.4, 0.5) is 5.69 Å². The Balaban J connectivity index is 0.00000225. The molecule has 1 fully saturated rings. The number of imidazole rings is 1. The summed E-state index contributed by atoms with van der Waals surface area (Å²) in [5.74, 6) is 1.50. The Kier molecular flexibility index (Phi) is 6.66. The van der Waals surface area contributed by atoms with Gasteiger partial charge in [-0.15, -0.1) is 24.0 Å². The predicted molar refractivity (Wildman–Crippen MR) is 127 cm³/mol. The highest BCUT2D eigenvalue weighted by atomic mass is 127. The standard InChI is InChI=1S/C20H23ClN6.HI/c1-25-18-5-3-2-4-17(18)24-19(25)14-23-20(22)27-12-10-26(11-13-27)16-8-6-15(21)7-9-16;/h2-9H,10-14H2,1H3,(H2,22,23);1H. The van der Waals surface area contributed by atoms with Gasteiger partial charge in [0.2, 0.25) is 0 Å². The molecule has 0 saturated carbocycles. The molecule has 0 radical (unpaired) electrons. The van der Waals surface area contributed by atoms with E-state index in [0.717, 1.165) is 48.1 Å². The van der Waals surface area contributed by atoms with Gasteiger partial charge in [0, 0.05) is 43.9 Å². The summed E-state index contributed by atoms with van der Waals surface area (Å²) in [7, 11) is 2.02. The van der Waals surface area contributed by atoms with Gasteiger partial charge in [-0.05, 0) is 36.4 Å². The first kappa shape index (κ1) is 20.7. The van der Waals surface area contributed by atoms with Crippen LogP contribution >= 0.6 is 35.6 Å². The summed E-state index contributed by atoms with van der Waals surface area (Å²) in [6.45, 7) is 3.99. The summed E-state index contributed by atoms with van der Waals surface area (Å²) < 4.78 is 2.07. The number of para-hydroxylation sites is 2. The van der Waals surface area contributed by atoms with Crippen LogP contribution in [0.15, 0.2) is 53.5 Å². The van der Waals surface area contributed by atoms with Crippen LogP contribution < -0.4 is 10.6 Å². The van der Waals surface area contributed by atoms with Gasteiger partial charge >= 0.3 is 0 Å². The molecule has 0 bridgehead atoms. The molecule has 1 aliphatic rings. The van der Waals surface area contributed by atoms with E-state index in [4.69, 9.17) is 17.3 Å². The van der Waals surface area contributed by atoms with Gasteiger partial charge in [0.15, 0.2) is 5.96 Å². The van der Waals surface area contributed by atoms with E-state index >= 15 is 0 Å². The molecule has 2 heterocycles. The Hall–Kier alpha value is -2.00. The van der Waals surface area contributed by atoms with E-state index in [2.05, 4.69) is 42.5 Å². The van der Waals surface area contributed by atoms with Crippen LogP contribution in [-0.2, 0) is 13.6 Å². The second kappa shape index (κ2) is 9.00. The molecule has 0 amide bonds. The van der Waals surface area contributed by atoms with Crippen LogP contribution in [0.3, 0.4) is 0 Å². The zero-order chi connectivity index (χ0) is 18.8. The molecule has 0 unspecified atom stereocenters. The quantitative estimate of drug-likeness (QED) is 0.333. The van der Waals surface area contributed by atoms with Crippen molar-refractivity contribution in [1.29, 1.82) is 0 Å². The minimum atomic E-state index is 0. The lowest BCUT2D eigenvalue weighted by Crippen LogP contribution is -2.51. The Morgan fingerprint density at radius 2 is 1.75 bits per heavy atom. The lowest BCUT2D eigenvalue weighted by molar-refractivity contribution is 0.380. The highest BCUT2D eigenvalue weighted by molar-refractivity contribution is 14.0. The predicted octanol–water partition coefficient (Wildman–Crippen LogP) is 3.48. The number of hydrogen-bond acceptors (Lipinski definition) is 3. The molecule has 0 spiro atoms. The SMILES string of the molecule is Cn1c(CN=C(N)N2CCN(c3ccc(Cl)cc3)CC2)nc2ccccc21.I. The summed E-state index contributed by atoms with van der Waals surface area (Å²) in [6.07, 6.45) is 0. The molecule has 0 atom stereocenters. The van der Waals surface area contributed by atoms with Crippen LogP contribution in [0.1, 0.15) is 5.82 Å². The number of benzene rings is 2. The molecule has 6 nitrogen and oxygen atoms in total. The molecule has 4 rings (SSSR count). The molecule has 1 aliphatic heterocycles. The van der Waals surface area contributed by atoms with Crippen molar-refractivity contribution in [1.82, 2.24) is 14.5 Å². The minimum absolute atomic E-state index is 0. The zero-order valence-electron chi connectivity index (χ0n) is 15.8. The number of fused-ring (bicyclic) bond motifs is 1. The van der Waals surface area contributed by atoms with E-state index in [9.17, 15) is 0 Å². The van der Waals surface area contributed by atoms with Crippen molar-refractivity contribution in [3.63, 3.8) is 0 Å². The largest absolute Gasteiger partial charge is 0.370 e. The number of aryl methyl sites for hydroxylation is 1. The molecule has 8 heteroatoms. The number of nitrogens with two attached hydrogens (primary N) is 1. The summed E-state index contributed by atoms with van der Waals surface area (Å²) in [4.78, 5) is 13.7. The average molecular weight is 511 g/mol. The highest BCUT2D eigenvalue weighted by Crippen LogP contribution is 2.19. The van der Waals surface area contributed by atoms with Crippen LogP contribution in [0.2, 0.25) is 5.02 Å². The van der Waals surface area contributed by atoms with Gasteiger partial charge in [-0.25, -0.2) is 9.98 Å². The number of guanidine groups is 1. The molecule has 2 aromatic carbocycles. The van der Waals surface area contributed by atoms with Gasteiger partial charge in [0.25, 0.3) is 0 Å². The number of rotatable bonds is 3. The number of nitrogens with zero attached hydrogens (tertiary/aromatic N) is 5. The van der Waals surface area contributed by atoms with Crippen LogP contribution in [0.5, 0.6) is 0 Å². The average Bonchev–Trinajstić information content (AvgIpc) is 3.03. The lowest BCUT2D eigenvalue weighted by Gasteiger charge is -2.36. The number of hydrogen-bond donors (Lipinski definition) is 1. The first-order chi connectivity index (χ1) is 13.1. The maximum atomic E-state index is 6.25. The normalized spacial score (nSPS) is 15.0. The molecule has 148 valence electrons. The van der Waals surface area contributed by atoms with Crippen LogP contribution in [-0.4, -0.2) is 46.6 Å². The van der Waals surface area contributed by atoms with Gasteiger partial charge in [-0.1, -0.05) is 23.7 Å². The van der Waals surface area contributed by atoms with E-state index in [0.29, 0.717) is 12.5 Å². The second-order valence-corrected chi connectivity index (χ2v) is 7.14. The number of halogens is 2. The van der Waals surface area contributed by atoms with Crippen molar-refractivity contribution < 1.29 is 0 Å². The van der Waals surface area contributed by atoms with Crippen LogP contribution in [0, 0.1) is 0 Å². The van der Waals surface area contributed by atoms with Crippen molar-refractivity contribution in [2.45, 2.75) is 6.54 Å². The lowest BCUT2D eigenvalue weighted by atomic mass is 10.2. The molecule has 1 aromatic heterocycles. The van der Waals surface area contributed by atoms with Gasteiger partial charge < -0.3 is 20.1 Å². The Morgan fingerprint density at radius 3 is 2.43 bits per heavy atom. The monoisotopic (exact) mass is 510 g/mol. The smallest absolute Gasteiger partial charge is 0.191 e. The first-order valence-corrected chi connectivity index (χ1v) is 9.45. The topological polar surface area (TPSA) is 62.7 Å².